The second kappa shape index (κ2) is 6.97. The fourth-order valence-corrected chi connectivity index (χ4v) is 2.88. The summed E-state index contributed by atoms with van der Waals surface area (Å²) in [5.41, 5.74) is 0.776. The van der Waals surface area contributed by atoms with Crippen LogP contribution >= 0.6 is 27.3 Å². The van der Waals surface area contributed by atoms with E-state index in [0.29, 0.717) is 11.0 Å². The third-order valence-corrected chi connectivity index (χ3v) is 4.43. The predicted octanol–water partition coefficient (Wildman–Crippen LogP) is 3.96. The average Bonchev–Trinajstić information content (AvgIpc) is 2.92. The van der Waals surface area contributed by atoms with Gasteiger partial charge in [0.1, 0.15) is 5.82 Å². The molecular weight excluding hydrogens is 345 g/mol. The maximum absolute atomic E-state index is 13.4. The van der Waals surface area contributed by atoms with E-state index in [4.69, 9.17) is 5.11 Å². The van der Waals surface area contributed by atoms with Crippen LogP contribution in [0.5, 0.6) is 0 Å². The minimum absolute atomic E-state index is 0.000473. The highest BCUT2D eigenvalue weighted by molar-refractivity contribution is 9.10. The lowest BCUT2D eigenvalue weighted by molar-refractivity contribution is -0.137. The summed E-state index contributed by atoms with van der Waals surface area (Å²) in [5, 5.41) is 14.0. The number of thiophene rings is 1. The maximum atomic E-state index is 13.4. The van der Waals surface area contributed by atoms with Gasteiger partial charge in [-0.1, -0.05) is 12.1 Å². The Morgan fingerprint density at radius 2 is 2.25 bits per heavy atom. The molecule has 0 aliphatic carbocycles. The highest BCUT2D eigenvalue weighted by Crippen LogP contribution is 2.23. The Morgan fingerprint density at radius 1 is 1.45 bits per heavy atom. The van der Waals surface area contributed by atoms with E-state index in [1.54, 1.807) is 12.1 Å². The number of hydrogen-bond donors (Lipinski definition) is 2. The van der Waals surface area contributed by atoms with E-state index >= 15 is 0 Å². The van der Waals surface area contributed by atoms with E-state index < -0.39 is 5.97 Å². The zero-order valence-electron chi connectivity index (χ0n) is 10.5. The summed E-state index contributed by atoms with van der Waals surface area (Å²) in [7, 11) is 0. The summed E-state index contributed by atoms with van der Waals surface area (Å²) in [6.45, 7) is 0.417. The van der Waals surface area contributed by atoms with Gasteiger partial charge in [-0.05, 0) is 45.1 Å². The van der Waals surface area contributed by atoms with Crippen LogP contribution in [0.15, 0.2) is 40.2 Å². The second-order valence-corrected chi connectivity index (χ2v) is 6.13. The quantitative estimate of drug-likeness (QED) is 0.822. The molecule has 1 aromatic heterocycles. The molecular formula is C14H13BrFNO2S. The molecule has 20 heavy (non-hydrogen) atoms. The Balaban J connectivity index is 2.04. The molecule has 106 valence electrons. The highest BCUT2D eigenvalue weighted by Gasteiger charge is 2.16. The first-order chi connectivity index (χ1) is 9.56. The number of carboxylic acids is 1. The van der Waals surface area contributed by atoms with Crippen molar-refractivity contribution in [3.63, 3.8) is 0 Å². The molecule has 0 saturated carbocycles. The van der Waals surface area contributed by atoms with Crippen LogP contribution in [0, 0.1) is 5.82 Å². The number of nitrogens with one attached hydrogen (secondary N) is 1. The van der Waals surface area contributed by atoms with Crippen LogP contribution in [0.4, 0.5) is 4.39 Å². The van der Waals surface area contributed by atoms with E-state index in [9.17, 15) is 9.18 Å². The van der Waals surface area contributed by atoms with Gasteiger partial charge in [0.2, 0.25) is 0 Å². The molecule has 6 heteroatoms. The number of halogens is 2. The number of benzene rings is 1. The van der Waals surface area contributed by atoms with Crippen molar-refractivity contribution in [1.82, 2.24) is 5.32 Å². The molecule has 2 aromatic rings. The molecule has 0 bridgehead atoms. The van der Waals surface area contributed by atoms with Crippen molar-refractivity contribution in [3.05, 3.63) is 56.4 Å². The molecule has 0 fully saturated rings. The number of carbonyl (C=O) groups is 1. The highest BCUT2D eigenvalue weighted by atomic mass is 79.9. The molecule has 1 aromatic carbocycles. The Hall–Kier alpha value is -1.24. The SMILES string of the molecule is O=C(O)CC(NCc1ccc(Br)c(F)c1)c1cccs1. The standard InChI is InChI=1S/C14H13BrFNO2S/c15-10-4-3-9(6-11(10)16)8-17-12(7-14(18)19)13-2-1-5-20-13/h1-6,12,17H,7-8H2,(H,18,19). The lowest BCUT2D eigenvalue weighted by Gasteiger charge is -2.15. The molecule has 0 saturated heterocycles. The van der Waals surface area contributed by atoms with Crippen LogP contribution < -0.4 is 5.32 Å². The molecule has 2 N–H and O–H groups in total. The van der Waals surface area contributed by atoms with E-state index in [1.807, 2.05) is 17.5 Å². The van der Waals surface area contributed by atoms with Gasteiger partial charge in [0.15, 0.2) is 0 Å². The molecule has 0 aliphatic heterocycles. The van der Waals surface area contributed by atoms with Gasteiger partial charge < -0.3 is 10.4 Å². The summed E-state index contributed by atoms with van der Waals surface area (Å²) in [5.74, 6) is -1.19. The van der Waals surface area contributed by atoms with Gasteiger partial charge in [-0.25, -0.2) is 4.39 Å². The number of aliphatic carboxylic acids is 1. The molecule has 0 amide bonds. The van der Waals surface area contributed by atoms with Gasteiger partial charge in [0.05, 0.1) is 16.9 Å². The van der Waals surface area contributed by atoms with Crippen molar-refractivity contribution in [1.29, 1.82) is 0 Å². The molecule has 1 heterocycles. The summed E-state index contributed by atoms with van der Waals surface area (Å²) < 4.78 is 13.8. The second-order valence-electron chi connectivity index (χ2n) is 4.30. The summed E-state index contributed by atoms with van der Waals surface area (Å²) >= 11 is 4.61. The Bertz CT molecular complexity index is 589. The lowest BCUT2D eigenvalue weighted by Crippen LogP contribution is -2.22. The van der Waals surface area contributed by atoms with Gasteiger partial charge in [-0.3, -0.25) is 4.79 Å². The average molecular weight is 358 g/mol. The predicted molar refractivity (Wildman–Crippen MR) is 80.3 cm³/mol. The minimum atomic E-state index is -0.863. The van der Waals surface area contributed by atoms with Crippen LogP contribution in [-0.2, 0) is 11.3 Å². The van der Waals surface area contributed by atoms with E-state index in [0.717, 1.165) is 10.4 Å². The zero-order valence-corrected chi connectivity index (χ0v) is 12.9. The van der Waals surface area contributed by atoms with Gasteiger partial charge >= 0.3 is 5.97 Å². The molecule has 0 aliphatic rings. The molecule has 1 atom stereocenters. The maximum Gasteiger partial charge on any atom is 0.305 e. The van der Waals surface area contributed by atoms with E-state index in [-0.39, 0.29) is 18.3 Å². The van der Waals surface area contributed by atoms with Gasteiger partial charge in [0.25, 0.3) is 0 Å². The first-order valence-electron chi connectivity index (χ1n) is 5.99. The largest absolute Gasteiger partial charge is 0.481 e. The third kappa shape index (κ3) is 4.13. The van der Waals surface area contributed by atoms with Gasteiger partial charge in [-0.2, -0.15) is 0 Å². The fourth-order valence-electron chi connectivity index (χ4n) is 1.83. The van der Waals surface area contributed by atoms with Crippen molar-refractivity contribution in [2.24, 2.45) is 0 Å². The number of carboxylic acid groups (broad SMARTS) is 1. The molecule has 3 nitrogen and oxygen atoms in total. The smallest absolute Gasteiger partial charge is 0.305 e. The first-order valence-corrected chi connectivity index (χ1v) is 7.66. The van der Waals surface area contributed by atoms with Crippen molar-refractivity contribution >= 4 is 33.2 Å². The van der Waals surface area contributed by atoms with Crippen LogP contribution in [0.25, 0.3) is 0 Å². The molecule has 2 rings (SSSR count). The summed E-state index contributed by atoms with van der Waals surface area (Å²) in [4.78, 5) is 11.9. The normalized spacial score (nSPS) is 12.3. The van der Waals surface area contributed by atoms with Crippen LogP contribution in [-0.4, -0.2) is 11.1 Å². The van der Waals surface area contributed by atoms with Gasteiger partial charge in [-0.15, -0.1) is 11.3 Å². The van der Waals surface area contributed by atoms with Crippen molar-refractivity contribution in [2.45, 2.75) is 19.0 Å². The van der Waals surface area contributed by atoms with Crippen LogP contribution in [0.3, 0.4) is 0 Å². The minimum Gasteiger partial charge on any atom is -0.481 e. The Kier molecular flexibility index (Phi) is 5.28. The molecule has 0 radical (unpaired) electrons. The first kappa shape index (κ1) is 15.2. The third-order valence-electron chi connectivity index (χ3n) is 2.80. The lowest BCUT2D eigenvalue weighted by atomic mass is 10.1. The van der Waals surface area contributed by atoms with Crippen molar-refractivity contribution in [3.8, 4) is 0 Å². The molecule has 1 unspecified atom stereocenters. The summed E-state index contributed by atoms with van der Waals surface area (Å²) in [6.07, 6.45) is -0.000473. The zero-order chi connectivity index (χ0) is 14.5. The Labute approximate surface area is 128 Å². The fraction of sp³-hybridized carbons (Fsp3) is 0.214. The van der Waals surface area contributed by atoms with Crippen molar-refractivity contribution in [2.75, 3.05) is 0 Å². The topological polar surface area (TPSA) is 49.3 Å². The monoisotopic (exact) mass is 357 g/mol. The van der Waals surface area contributed by atoms with Crippen LogP contribution in [0.1, 0.15) is 22.9 Å². The number of rotatable bonds is 6. The summed E-state index contributed by atoms with van der Waals surface area (Å²) in [6, 6.07) is 8.39. The van der Waals surface area contributed by atoms with E-state index in [2.05, 4.69) is 21.2 Å². The van der Waals surface area contributed by atoms with Gasteiger partial charge in [0, 0.05) is 11.4 Å². The van der Waals surface area contributed by atoms with Crippen LogP contribution in [0.2, 0.25) is 0 Å². The Morgan fingerprint density at radius 3 is 2.85 bits per heavy atom. The number of hydrogen-bond acceptors (Lipinski definition) is 3. The molecule has 0 spiro atoms. The van der Waals surface area contributed by atoms with Crippen molar-refractivity contribution < 1.29 is 14.3 Å². The van der Waals surface area contributed by atoms with E-state index in [1.165, 1.54) is 17.4 Å².